The molecule has 0 atom stereocenters. The lowest BCUT2D eigenvalue weighted by Gasteiger charge is -2.40. The van der Waals surface area contributed by atoms with E-state index in [1.54, 1.807) is 4.52 Å². The van der Waals surface area contributed by atoms with Gasteiger partial charge in [0.15, 0.2) is 16.6 Å². The Morgan fingerprint density at radius 2 is 2.17 bits per heavy atom. The summed E-state index contributed by atoms with van der Waals surface area (Å²) in [7, 11) is 0. The molecule has 0 saturated carbocycles. The van der Waals surface area contributed by atoms with Crippen molar-refractivity contribution in [3.8, 4) is 0 Å². The number of rotatable bonds is 4. The van der Waals surface area contributed by atoms with E-state index in [9.17, 15) is 0 Å². The Morgan fingerprint density at radius 1 is 1.25 bits per heavy atom. The summed E-state index contributed by atoms with van der Waals surface area (Å²) in [5, 5.41) is 17.4. The van der Waals surface area contributed by atoms with Crippen molar-refractivity contribution in [1.29, 1.82) is 0 Å². The Kier molecular flexibility index (Phi) is 3.19. The van der Waals surface area contributed by atoms with Gasteiger partial charge in [0.2, 0.25) is 0 Å². The summed E-state index contributed by atoms with van der Waals surface area (Å²) in [5.41, 5.74) is 2.12. The highest BCUT2D eigenvalue weighted by Gasteiger charge is 2.28. The zero-order chi connectivity index (χ0) is 16.1. The van der Waals surface area contributed by atoms with Gasteiger partial charge in [-0.05, 0) is 38.3 Å². The lowest BCUT2D eigenvalue weighted by molar-refractivity contribution is 0.425. The fraction of sp³-hybridized carbons (Fsp3) is 0.500. The highest BCUT2D eigenvalue weighted by molar-refractivity contribution is 7.15. The standard InChI is InChI=1S/C16H19N7S/c1-10-19-20-14-5-6-15(21-23(10)14)22-8-11(9-22)7-17-16-18-12-3-2-4-13(12)24-16/h5-6,11H,2-4,7-9H2,1H3,(H,17,18). The van der Waals surface area contributed by atoms with E-state index in [1.807, 2.05) is 30.4 Å². The monoisotopic (exact) mass is 341 g/mol. The molecule has 0 spiro atoms. The number of hydrogen-bond donors (Lipinski definition) is 1. The first-order valence-electron chi connectivity index (χ1n) is 8.43. The topological polar surface area (TPSA) is 71.2 Å². The summed E-state index contributed by atoms with van der Waals surface area (Å²) in [4.78, 5) is 8.48. The van der Waals surface area contributed by atoms with E-state index in [1.165, 1.54) is 23.4 Å². The van der Waals surface area contributed by atoms with Gasteiger partial charge >= 0.3 is 0 Å². The number of aryl methyl sites for hydroxylation is 3. The Bertz CT molecular complexity index is 872. The molecule has 0 aromatic carbocycles. The molecule has 3 aromatic heterocycles. The third kappa shape index (κ3) is 2.32. The van der Waals surface area contributed by atoms with Crippen LogP contribution in [-0.2, 0) is 12.8 Å². The molecule has 0 unspecified atom stereocenters. The summed E-state index contributed by atoms with van der Waals surface area (Å²) in [6.45, 7) is 4.96. The Labute approximate surface area is 143 Å². The molecule has 0 bridgehead atoms. The van der Waals surface area contributed by atoms with E-state index in [0.29, 0.717) is 5.92 Å². The van der Waals surface area contributed by atoms with Crippen LogP contribution in [0.3, 0.4) is 0 Å². The van der Waals surface area contributed by atoms with Gasteiger partial charge in [0, 0.05) is 30.4 Å². The van der Waals surface area contributed by atoms with E-state index in [-0.39, 0.29) is 0 Å². The molecule has 1 N–H and O–H groups in total. The summed E-state index contributed by atoms with van der Waals surface area (Å²) < 4.78 is 1.80. The van der Waals surface area contributed by atoms with Crippen molar-refractivity contribution in [2.45, 2.75) is 26.2 Å². The fourth-order valence-electron chi connectivity index (χ4n) is 3.44. The third-order valence-corrected chi connectivity index (χ3v) is 5.94. The summed E-state index contributed by atoms with van der Waals surface area (Å²) in [6, 6.07) is 4.00. The van der Waals surface area contributed by atoms with E-state index in [0.717, 1.165) is 48.5 Å². The summed E-state index contributed by atoms with van der Waals surface area (Å²) in [6.07, 6.45) is 3.64. The van der Waals surface area contributed by atoms with Crippen LogP contribution in [0, 0.1) is 12.8 Å². The third-order valence-electron chi connectivity index (χ3n) is 4.82. The first-order valence-corrected chi connectivity index (χ1v) is 9.24. The predicted octanol–water partition coefficient (Wildman–Crippen LogP) is 1.93. The van der Waals surface area contributed by atoms with Gasteiger partial charge in [-0.25, -0.2) is 4.98 Å². The normalized spacial score (nSPS) is 17.3. The van der Waals surface area contributed by atoms with Crippen LogP contribution in [0.5, 0.6) is 0 Å². The Balaban J connectivity index is 1.19. The minimum absolute atomic E-state index is 0.642. The molecular formula is C16H19N7S. The molecule has 124 valence electrons. The van der Waals surface area contributed by atoms with Crippen molar-refractivity contribution in [3.05, 3.63) is 28.5 Å². The van der Waals surface area contributed by atoms with E-state index in [2.05, 4.69) is 25.5 Å². The first-order chi connectivity index (χ1) is 11.8. The molecule has 1 aliphatic carbocycles. The fourth-order valence-corrected chi connectivity index (χ4v) is 4.50. The maximum atomic E-state index is 4.70. The van der Waals surface area contributed by atoms with Crippen LogP contribution in [0.2, 0.25) is 0 Å². The van der Waals surface area contributed by atoms with Gasteiger partial charge in [-0.2, -0.15) is 4.52 Å². The molecule has 8 heteroatoms. The number of fused-ring (bicyclic) bond motifs is 2. The van der Waals surface area contributed by atoms with Gasteiger partial charge in [-0.3, -0.25) is 0 Å². The van der Waals surface area contributed by atoms with Crippen molar-refractivity contribution in [2.24, 2.45) is 5.92 Å². The second-order valence-corrected chi connectivity index (χ2v) is 7.69. The van der Waals surface area contributed by atoms with Crippen molar-refractivity contribution in [2.75, 3.05) is 29.9 Å². The SMILES string of the molecule is Cc1nnc2ccc(N3CC(CNc4nc5c(s4)CCC5)C3)nn12. The zero-order valence-electron chi connectivity index (χ0n) is 13.6. The minimum atomic E-state index is 0.642. The number of nitrogens with one attached hydrogen (secondary N) is 1. The van der Waals surface area contributed by atoms with Crippen LogP contribution in [0.1, 0.15) is 22.8 Å². The van der Waals surface area contributed by atoms with Gasteiger partial charge in [-0.1, -0.05) is 0 Å². The van der Waals surface area contributed by atoms with Gasteiger partial charge in [0.05, 0.1) is 5.69 Å². The maximum Gasteiger partial charge on any atom is 0.183 e. The molecule has 1 saturated heterocycles. The number of nitrogens with zero attached hydrogens (tertiary/aromatic N) is 6. The molecule has 4 heterocycles. The molecular weight excluding hydrogens is 322 g/mol. The van der Waals surface area contributed by atoms with Crippen molar-refractivity contribution in [3.63, 3.8) is 0 Å². The average Bonchev–Trinajstić information content (AvgIpc) is 3.21. The first kappa shape index (κ1) is 14.2. The van der Waals surface area contributed by atoms with Crippen LogP contribution in [0.4, 0.5) is 10.9 Å². The second-order valence-electron chi connectivity index (χ2n) is 6.60. The summed E-state index contributed by atoms with van der Waals surface area (Å²) in [5.74, 6) is 2.46. The van der Waals surface area contributed by atoms with E-state index < -0.39 is 0 Å². The molecule has 7 nitrogen and oxygen atoms in total. The number of aromatic nitrogens is 5. The van der Waals surface area contributed by atoms with Crippen LogP contribution >= 0.6 is 11.3 Å². The lowest BCUT2D eigenvalue weighted by Crippen LogP contribution is -2.50. The molecule has 0 radical (unpaired) electrons. The van der Waals surface area contributed by atoms with Crippen molar-refractivity contribution < 1.29 is 0 Å². The van der Waals surface area contributed by atoms with Crippen LogP contribution in [-0.4, -0.2) is 44.4 Å². The van der Waals surface area contributed by atoms with Gasteiger partial charge in [-0.15, -0.1) is 26.6 Å². The minimum Gasteiger partial charge on any atom is -0.361 e. The lowest BCUT2D eigenvalue weighted by atomic mass is 10.0. The van der Waals surface area contributed by atoms with Crippen LogP contribution < -0.4 is 10.2 Å². The zero-order valence-corrected chi connectivity index (χ0v) is 14.4. The smallest absolute Gasteiger partial charge is 0.183 e. The molecule has 1 aliphatic heterocycles. The van der Waals surface area contributed by atoms with E-state index >= 15 is 0 Å². The largest absolute Gasteiger partial charge is 0.361 e. The van der Waals surface area contributed by atoms with Crippen molar-refractivity contribution in [1.82, 2.24) is 24.8 Å². The highest BCUT2D eigenvalue weighted by Crippen LogP contribution is 2.31. The molecule has 3 aromatic rings. The quantitative estimate of drug-likeness (QED) is 0.782. The highest BCUT2D eigenvalue weighted by atomic mass is 32.1. The molecule has 0 amide bonds. The predicted molar refractivity (Wildman–Crippen MR) is 93.9 cm³/mol. The maximum absolute atomic E-state index is 4.70. The molecule has 2 aliphatic rings. The van der Waals surface area contributed by atoms with Crippen LogP contribution in [0.25, 0.3) is 5.65 Å². The number of thiazole rings is 1. The Morgan fingerprint density at radius 3 is 3.04 bits per heavy atom. The van der Waals surface area contributed by atoms with Crippen molar-refractivity contribution >= 4 is 27.9 Å². The number of anilines is 2. The van der Waals surface area contributed by atoms with Gasteiger partial charge < -0.3 is 10.2 Å². The number of hydrogen-bond acceptors (Lipinski definition) is 7. The van der Waals surface area contributed by atoms with Crippen LogP contribution in [0.15, 0.2) is 12.1 Å². The molecule has 1 fully saturated rings. The van der Waals surface area contributed by atoms with E-state index in [4.69, 9.17) is 4.98 Å². The molecule has 5 rings (SSSR count). The molecule has 24 heavy (non-hydrogen) atoms. The summed E-state index contributed by atoms with van der Waals surface area (Å²) >= 11 is 1.83. The average molecular weight is 341 g/mol. The second kappa shape index (κ2) is 5.41. The Hall–Kier alpha value is -2.22. The van der Waals surface area contributed by atoms with Gasteiger partial charge in [0.25, 0.3) is 0 Å². The van der Waals surface area contributed by atoms with Gasteiger partial charge in [0.1, 0.15) is 5.82 Å².